The van der Waals surface area contributed by atoms with Gasteiger partial charge in [0.1, 0.15) is 0 Å². The number of nitrogens with one attached hydrogen (secondary N) is 1. The van der Waals surface area contributed by atoms with Crippen LogP contribution in [0.5, 0.6) is 0 Å². The molecule has 0 saturated carbocycles. The van der Waals surface area contributed by atoms with Crippen molar-refractivity contribution >= 4 is 11.3 Å². The van der Waals surface area contributed by atoms with E-state index in [1.54, 1.807) is 4.31 Å². The van der Waals surface area contributed by atoms with Gasteiger partial charge in [-0.05, 0) is 6.42 Å². The third-order valence-electron chi connectivity index (χ3n) is 1.97. The third-order valence-corrected chi connectivity index (χ3v) is 2.85. The summed E-state index contributed by atoms with van der Waals surface area (Å²) in [6.45, 7) is 4.32. The molecule has 2 atom stereocenters. The van der Waals surface area contributed by atoms with E-state index in [1.807, 2.05) is 6.92 Å². The summed E-state index contributed by atoms with van der Waals surface area (Å²) in [6, 6.07) is 0.217. The molecule has 0 aromatic carbocycles. The van der Waals surface area contributed by atoms with E-state index in [1.165, 1.54) is 0 Å². The van der Waals surface area contributed by atoms with Gasteiger partial charge in [0.15, 0.2) is 0 Å². The van der Waals surface area contributed by atoms with Crippen LogP contribution < -0.4 is 5.32 Å². The second-order valence-electron chi connectivity index (χ2n) is 2.64. The molecular weight excluding hydrogens is 164 g/mol. The van der Waals surface area contributed by atoms with Crippen LogP contribution >= 0.6 is 0 Å². The molecule has 5 heteroatoms. The van der Waals surface area contributed by atoms with Crippen LogP contribution in [0.1, 0.15) is 13.3 Å². The van der Waals surface area contributed by atoms with Crippen molar-refractivity contribution in [2.75, 3.05) is 19.6 Å². The minimum absolute atomic E-state index is 0.217. The summed E-state index contributed by atoms with van der Waals surface area (Å²) in [5, 5.41) is 3.18. The molecule has 1 aliphatic rings. The zero-order valence-electron chi connectivity index (χ0n) is 6.62. The minimum Gasteiger partial charge on any atom is -0.314 e. The topological polar surface area (TPSA) is 52.6 Å². The van der Waals surface area contributed by atoms with Crippen molar-refractivity contribution < 1.29 is 8.76 Å². The molecule has 1 rings (SSSR count). The van der Waals surface area contributed by atoms with Crippen LogP contribution in [0.2, 0.25) is 0 Å². The maximum Gasteiger partial charge on any atom is 0.234 e. The van der Waals surface area contributed by atoms with Gasteiger partial charge < -0.3 is 5.32 Å². The Kier molecular flexibility index (Phi) is 3.45. The highest BCUT2D eigenvalue weighted by Gasteiger charge is 2.23. The van der Waals surface area contributed by atoms with Gasteiger partial charge >= 0.3 is 0 Å². The van der Waals surface area contributed by atoms with Gasteiger partial charge in [-0.3, -0.25) is 4.55 Å². The number of rotatable bonds is 2. The highest BCUT2D eigenvalue weighted by atomic mass is 32.2. The van der Waals surface area contributed by atoms with E-state index in [0.29, 0.717) is 6.54 Å². The Morgan fingerprint density at radius 3 is 3.00 bits per heavy atom. The van der Waals surface area contributed by atoms with Crippen LogP contribution in [0.15, 0.2) is 0 Å². The van der Waals surface area contributed by atoms with Crippen molar-refractivity contribution in [3.8, 4) is 0 Å². The van der Waals surface area contributed by atoms with E-state index in [2.05, 4.69) is 5.32 Å². The molecule has 1 heterocycles. The summed E-state index contributed by atoms with van der Waals surface area (Å²) >= 11 is -1.79. The van der Waals surface area contributed by atoms with Crippen molar-refractivity contribution in [1.29, 1.82) is 0 Å². The third kappa shape index (κ3) is 2.23. The molecule has 1 aliphatic heterocycles. The van der Waals surface area contributed by atoms with Crippen molar-refractivity contribution in [2.45, 2.75) is 19.4 Å². The average molecular weight is 178 g/mol. The van der Waals surface area contributed by atoms with Crippen LogP contribution in [-0.4, -0.2) is 38.7 Å². The van der Waals surface area contributed by atoms with Crippen LogP contribution in [0, 0.1) is 0 Å². The normalized spacial score (nSPS) is 30.2. The van der Waals surface area contributed by atoms with Gasteiger partial charge in [0.05, 0.1) is 0 Å². The quantitative estimate of drug-likeness (QED) is 0.576. The molecule has 66 valence electrons. The summed E-state index contributed by atoms with van der Waals surface area (Å²) in [7, 11) is 0. The van der Waals surface area contributed by atoms with E-state index < -0.39 is 11.3 Å². The van der Waals surface area contributed by atoms with Crippen molar-refractivity contribution in [3.63, 3.8) is 0 Å². The van der Waals surface area contributed by atoms with Gasteiger partial charge in [-0.2, -0.15) is 4.31 Å². The first-order valence-electron chi connectivity index (χ1n) is 3.84. The van der Waals surface area contributed by atoms with Crippen LogP contribution in [0.25, 0.3) is 0 Å². The molecular formula is C6H14N2O2S. The molecule has 0 bridgehead atoms. The fraction of sp³-hybridized carbons (Fsp3) is 1.00. The van der Waals surface area contributed by atoms with E-state index in [9.17, 15) is 4.21 Å². The fourth-order valence-electron chi connectivity index (χ4n) is 1.30. The number of nitrogens with zero attached hydrogens (tertiary/aromatic N) is 1. The van der Waals surface area contributed by atoms with Gasteiger partial charge in [0.25, 0.3) is 0 Å². The van der Waals surface area contributed by atoms with Crippen LogP contribution in [0.3, 0.4) is 0 Å². The number of hydrogen-bond donors (Lipinski definition) is 2. The molecule has 4 nitrogen and oxygen atoms in total. The second-order valence-corrected chi connectivity index (χ2v) is 3.57. The van der Waals surface area contributed by atoms with Crippen LogP contribution in [0.4, 0.5) is 0 Å². The average Bonchev–Trinajstić information content (AvgIpc) is 2.04. The second kappa shape index (κ2) is 4.15. The van der Waals surface area contributed by atoms with Gasteiger partial charge in [0, 0.05) is 25.7 Å². The molecule has 0 amide bonds. The summed E-state index contributed by atoms with van der Waals surface area (Å²) in [6.07, 6.45) is 0.916. The lowest BCUT2D eigenvalue weighted by Crippen LogP contribution is -2.51. The first-order chi connectivity index (χ1) is 5.25. The smallest absolute Gasteiger partial charge is 0.234 e. The Balaban J connectivity index is 2.51. The Morgan fingerprint density at radius 1 is 1.82 bits per heavy atom. The van der Waals surface area contributed by atoms with Gasteiger partial charge in [-0.25, -0.2) is 4.21 Å². The summed E-state index contributed by atoms with van der Waals surface area (Å²) < 4.78 is 21.2. The Morgan fingerprint density at radius 2 is 2.55 bits per heavy atom. The maximum atomic E-state index is 10.7. The molecule has 0 aromatic heterocycles. The monoisotopic (exact) mass is 178 g/mol. The van der Waals surface area contributed by atoms with Crippen molar-refractivity contribution in [3.05, 3.63) is 0 Å². The summed E-state index contributed by atoms with van der Waals surface area (Å²) in [5.41, 5.74) is 0. The highest BCUT2D eigenvalue weighted by molar-refractivity contribution is 7.76. The Bertz CT molecular complexity index is 154. The van der Waals surface area contributed by atoms with Crippen LogP contribution in [-0.2, 0) is 11.3 Å². The van der Waals surface area contributed by atoms with Gasteiger partial charge in [-0.1, -0.05) is 6.92 Å². The van der Waals surface area contributed by atoms with Crippen molar-refractivity contribution in [2.24, 2.45) is 0 Å². The molecule has 2 unspecified atom stereocenters. The lowest BCUT2D eigenvalue weighted by molar-refractivity contribution is 0.257. The maximum absolute atomic E-state index is 10.7. The van der Waals surface area contributed by atoms with Gasteiger partial charge in [0.2, 0.25) is 11.3 Å². The predicted molar refractivity (Wildman–Crippen MR) is 44.4 cm³/mol. The lowest BCUT2D eigenvalue weighted by Gasteiger charge is -2.31. The lowest BCUT2D eigenvalue weighted by atomic mass is 10.2. The molecule has 1 saturated heterocycles. The Hall–Kier alpha value is 0.0300. The largest absolute Gasteiger partial charge is 0.314 e. The molecule has 0 aliphatic carbocycles. The SMILES string of the molecule is CCC1CNCCN1S(=O)O. The molecule has 1 fully saturated rings. The molecule has 0 spiro atoms. The zero-order valence-corrected chi connectivity index (χ0v) is 7.43. The standard InChI is InChI=1S/C6H14N2O2S/c1-2-6-5-7-3-4-8(6)11(9)10/h6-7H,2-5H2,1H3,(H,9,10). The van der Waals surface area contributed by atoms with E-state index in [4.69, 9.17) is 4.55 Å². The zero-order chi connectivity index (χ0) is 8.27. The highest BCUT2D eigenvalue weighted by Crippen LogP contribution is 2.07. The minimum atomic E-state index is -1.79. The first kappa shape index (κ1) is 9.12. The Labute approximate surface area is 69.4 Å². The molecule has 0 radical (unpaired) electrons. The number of hydrogen-bond acceptors (Lipinski definition) is 2. The predicted octanol–water partition coefficient (Wildman–Crippen LogP) is -0.193. The fourth-order valence-corrected chi connectivity index (χ4v) is 2.02. The van der Waals surface area contributed by atoms with Gasteiger partial charge in [-0.15, -0.1) is 0 Å². The first-order valence-corrected chi connectivity index (χ1v) is 4.90. The molecule has 11 heavy (non-hydrogen) atoms. The van der Waals surface area contributed by atoms with E-state index in [-0.39, 0.29) is 6.04 Å². The summed E-state index contributed by atoms with van der Waals surface area (Å²) in [4.78, 5) is 0. The number of piperazine rings is 1. The molecule has 2 N–H and O–H groups in total. The molecule has 0 aromatic rings. The summed E-state index contributed by atoms with van der Waals surface area (Å²) in [5.74, 6) is 0. The van der Waals surface area contributed by atoms with E-state index in [0.717, 1.165) is 19.5 Å². The van der Waals surface area contributed by atoms with Crippen molar-refractivity contribution in [1.82, 2.24) is 9.62 Å². The van der Waals surface area contributed by atoms with E-state index >= 15 is 0 Å².